The highest BCUT2D eigenvalue weighted by Gasteiger charge is 2.46. The fourth-order valence-electron chi connectivity index (χ4n) is 1.74. The maximum Gasteiger partial charge on any atom is 0.229 e. The van der Waals surface area contributed by atoms with Crippen molar-refractivity contribution in [3.8, 4) is 12.3 Å². The van der Waals surface area contributed by atoms with E-state index in [1.165, 1.54) is 0 Å². The van der Waals surface area contributed by atoms with Gasteiger partial charge in [-0.2, -0.15) is 0 Å². The van der Waals surface area contributed by atoms with Crippen molar-refractivity contribution in [2.45, 2.75) is 58.0 Å². The van der Waals surface area contributed by atoms with Crippen molar-refractivity contribution in [1.29, 1.82) is 0 Å². The van der Waals surface area contributed by atoms with Gasteiger partial charge in [-0.25, -0.2) is 0 Å². The van der Waals surface area contributed by atoms with Crippen LogP contribution in [-0.4, -0.2) is 26.4 Å². The van der Waals surface area contributed by atoms with E-state index in [1.54, 1.807) is 0 Å². The third-order valence-corrected chi connectivity index (χ3v) is 8.51. The largest absolute Gasteiger partial charge is 0.413 e. The molecule has 0 saturated carbocycles. The zero-order chi connectivity index (χ0) is 13.4. The summed E-state index contributed by atoms with van der Waals surface area (Å²) in [6.45, 7) is 12.9. The lowest BCUT2D eigenvalue weighted by atomic mass is 9.87. The lowest BCUT2D eigenvalue weighted by Gasteiger charge is -2.43. The van der Waals surface area contributed by atoms with Gasteiger partial charge in [-0.05, 0) is 25.1 Å². The molecule has 1 rings (SSSR count). The van der Waals surface area contributed by atoms with Gasteiger partial charge < -0.3 is 9.74 Å². The van der Waals surface area contributed by atoms with Gasteiger partial charge in [0.25, 0.3) is 0 Å². The molecule has 0 aromatic rings. The second-order valence-corrected chi connectivity index (χ2v) is 11.0. The molecule has 0 unspecified atom stereocenters. The highest BCUT2D eigenvalue weighted by Crippen LogP contribution is 2.38. The van der Waals surface area contributed by atoms with E-state index in [9.17, 15) is 4.79 Å². The third-order valence-electron chi connectivity index (χ3n) is 3.93. The van der Waals surface area contributed by atoms with Gasteiger partial charge >= 0.3 is 0 Å². The minimum absolute atomic E-state index is 0.0131. The Balaban J connectivity index is 2.70. The average molecular weight is 253 g/mol. The number of terminal acetylenes is 1. The Labute approximate surface area is 105 Å². The van der Waals surface area contributed by atoms with Crippen LogP contribution in [-0.2, 0) is 9.22 Å². The molecule has 17 heavy (non-hydrogen) atoms. The minimum Gasteiger partial charge on any atom is -0.413 e. The number of hydrogen-bond donors (Lipinski definition) is 1. The molecule has 1 fully saturated rings. The molecule has 1 amide bonds. The van der Waals surface area contributed by atoms with E-state index >= 15 is 0 Å². The number of nitrogens with one attached hydrogen (secondary N) is 1. The molecule has 1 saturated heterocycles. The predicted molar refractivity (Wildman–Crippen MR) is 72.0 cm³/mol. The number of carbonyl (C=O) groups excluding carboxylic acids is 1. The molecular weight excluding hydrogens is 230 g/mol. The van der Waals surface area contributed by atoms with E-state index in [0.717, 1.165) is 0 Å². The summed E-state index contributed by atoms with van der Waals surface area (Å²) in [5, 5.41) is 2.85. The second kappa shape index (κ2) is 4.47. The van der Waals surface area contributed by atoms with Crippen LogP contribution >= 0.6 is 0 Å². The summed E-state index contributed by atoms with van der Waals surface area (Å²) < 4.78 is 6.19. The number of carbonyl (C=O) groups is 1. The summed E-state index contributed by atoms with van der Waals surface area (Å²) in [5.74, 6) is 2.42. The van der Waals surface area contributed by atoms with Crippen molar-refractivity contribution in [3.05, 3.63) is 0 Å². The molecule has 3 atom stereocenters. The van der Waals surface area contributed by atoms with Crippen LogP contribution in [0.5, 0.6) is 0 Å². The normalized spacial score (nSPS) is 26.8. The first-order chi connectivity index (χ1) is 7.60. The van der Waals surface area contributed by atoms with E-state index in [1.807, 2.05) is 6.92 Å². The molecule has 3 nitrogen and oxygen atoms in total. The van der Waals surface area contributed by atoms with Crippen LogP contribution in [0.4, 0.5) is 0 Å². The molecule has 0 aliphatic carbocycles. The van der Waals surface area contributed by atoms with E-state index < -0.39 is 8.32 Å². The van der Waals surface area contributed by atoms with Crippen LogP contribution in [0.2, 0.25) is 18.1 Å². The first-order valence-corrected chi connectivity index (χ1v) is 8.95. The zero-order valence-corrected chi connectivity index (χ0v) is 12.6. The molecule has 0 bridgehead atoms. The third kappa shape index (κ3) is 2.72. The van der Waals surface area contributed by atoms with Crippen LogP contribution < -0.4 is 5.32 Å². The maximum atomic E-state index is 11.5. The summed E-state index contributed by atoms with van der Waals surface area (Å²) in [5.41, 5.74) is 0. The smallest absolute Gasteiger partial charge is 0.229 e. The van der Waals surface area contributed by atoms with Crippen molar-refractivity contribution in [2.24, 2.45) is 5.92 Å². The Morgan fingerprint density at radius 3 is 2.35 bits per heavy atom. The van der Waals surface area contributed by atoms with Crippen molar-refractivity contribution < 1.29 is 9.22 Å². The lowest BCUT2D eigenvalue weighted by Crippen LogP contribution is -2.63. The molecule has 0 spiro atoms. The van der Waals surface area contributed by atoms with Gasteiger partial charge in [-0.3, -0.25) is 4.79 Å². The van der Waals surface area contributed by atoms with Crippen LogP contribution in [0.1, 0.15) is 27.7 Å². The van der Waals surface area contributed by atoms with Crippen molar-refractivity contribution >= 4 is 14.2 Å². The summed E-state index contributed by atoms with van der Waals surface area (Å²) in [7, 11) is -1.83. The fraction of sp³-hybridized carbons (Fsp3) is 0.769. The van der Waals surface area contributed by atoms with Crippen LogP contribution in [0.15, 0.2) is 0 Å². The Morgan fingerprint density at radius 2 is 2.00 bits per heavy atom. The van der Waals surface area contributed by atoms with Crippen LogP contribution in [0.25, 0.3) is 0 Å². The molecule has 0 radical (unpaired) electrons. The zero-order valence-electron chi connectivity index (χ0n) is 11.6. The van der Waals surface area contributed by atoms with E-state index in [-0.39, 0.29) is 29.0 Å². The van der Waals surface area contributed by atoms with Crippen molar-refractivity contribution in [1.82, 2.24) is 5.32 Å². The summed E-state index contributed by atoms with van der Waals surface area (Å²) in [6, 6.07) is -0.165. The Kier molecular flexibility index (Phi) is 3.75. The topological polar surface area (TPSA) is 38.3 Å². The SMILES string of the molecule is C#C[C@H]1NC(=O)[C@@H]1[C@@H](C)O[Si](C)(C)C(C)(C)C. The number of β-lactam (4-membered cyclic amide) rings is 1. The molecule has 1 heterocycles. The Hall–Kier alpha value is -0.793. The second-order valence-electron chi connectivity index (χ2n) is 6.26. The fourth-order valence-corrected chi connectivity index (χ4v) is 3.17. The monoisotopic (exact) mass is 253 g/mol. The van der Waals surface area contributed by atoms with Crippen molar-refractivity contribution in [3.63, 3.8) is 0 Å². The van der Waals surface area contributed by atoms with Crippen molar-refractivity contribution in [2.75, 3.05) is 0 Å². The molecule has 4 heteroatoms. The van der Waals surface area contributed by atoms with Gasteiger partial charge in [0, 0.05) is 0 Å². The first kappa shape index (κ1) is 14.3. The van der Waals surface area contributed by atoms with E-state index in [0.29, 0.717) is 0 Å². The number of amides is 1. The van der Waals surface area contributed by atoms with Gasteiger partial charge in [-0.15, -0.1) is 6.42 Å². The highest BCUT2D eigenvalue weighted by molar-refractivity contribution is 6.74. The Bertz CT molecular complexity index is 351. The Morgan fingerprint density at radius 1 is 1.47 bits per heavy atom. The summed E-state index contributed by atoms with van der Waals surface area (Å²) in [6.07, 6.45) is 5.26. The number of rotatable bonds is 3. The van der Waals surface area contributed by atoms with Gasteiger partial charge in [0.1, 0.15) is 6.04 Å². The number of hydrogen-bond acceptors (Lipinski definition) is 2. The minimum atomic E-state index is -1.83. The van der Waals surface area contributed by atoms with Gasteiger partial charge in [0.2, 0.25) is 5.91 Å². The molecule has 0 aromatic carbocycles. The molecule has 96 valence electrons. The molecule has 1 N–H and O–H groups in total. The van der Waals surface area contributed by atoms with E-state index in [4.69, 9.17) is 10.8 Å². The van der Waals surface area contributed by atoms with Crippen LogP contribution in [0.3, 0.4) is 0 Å². The average Bonchev–Trinajstić information content (AvgIpc) is 2.10. The van der Waals surface area contributed by atoms with Gasteiger partial charge in [0.05, 0.1) is 12.0 Å². The molecule has 0 aromatic heterocycles. The summed E-state index contributed by atoms with van der Waals surface area (Å²) in [4.78, 5) is 11.5. The predicted octanol–water partition coefficient (Wildman–Crippen LogP) is 2.14. The highest BCUT2D eigenvalue weighted by atomic mass is 28.4. The van der Waals surface area contributed by atoms with Gasteiger partial charge in [0.15, 0.2) is 8.32 Å². The molecule has 1 aliphatic rings. The van der Waals surface area contributed by atoms with Gasteiger partial charge in [-0.1, -0.05) is 26.7 Å². The molecule has 1 aliphatic heterocycles. The van der Waals surface area contributed by atoms with E-state index in [2.05, 4.69) is 45.1 Å². The first-order valence-electron chi connectivity index (χ1n) is 6.04. The quantitative estimate of drug-likeness (QED) is 0.475. The summed E-state index contributed by atoms with van der Waals surface area (Å²) >= 11 is 0. The van der Waals surface area contributed by atoms with Crippen LogP contribution in [0, 0.1) is 18.3 Å². The molecular formula is C13H23NO2Si. The standard InChI is InChI=1S/C13H23NO2Si/c1-8-10-11(12(15)14-10)9(2)16-17(6,7)13(3,4)5/h1,9-11H,2-7H3,(H,14,15)/t9-,10-,11-/m1/s1. The lowest BCUT2D eigenvalue weighted by molar-refractivity contribution is -0.137. The maximum absolute atomic E-state index is 11.5.